The van der Waals surface area contributed by atoms with Gasteiger partial charge >= 0.3 is 0 Å². The van der Waals surface area contributed by atoms with E-state index in [4.69, 9.17) is 19.7 Å². The summed E-state index contributed by atoms with van der Waals surface area (Å²) in [4.78, 5) is 0. The van der Waals surface area contributed by atoms with Gasteiger partial charge in [-0.3, -0.25) is 10.0 Å². The van der Waals surface area contributed by atoms with Crippen LogP contribution in [0.3, 0.4) is 0 Å². The maximum absolute atomic E-state index is 6.15. The smallest absolute Gasteiger partial charge is 0.119 e. The van der Waals surface area contributed by atoms with Crippen LogP contribution in [0.2, 0.25) is 0 Å². The first-order chi connectivity index (χ1) is 29.8. The first-order valence-electron chi connectivity index (χ1n) is 22.2. The fourth-order valence-electron chi connectivity index (χ4n) is 8.36. The van der Waals surface area contributed by atoms with E-state index in [1.54, 1.807) is 0 Å². The average Bonchev–Trinajstić information content (AvgIpc) is 3.98. The van der Waals surface area contributed by atoms with Gasteiger partial charge in [0.1, 0.15) is 11.5 Å². The minimum Gasteiger partial charge on any atom is -0.494 e. The predicted molar refractivity (Wildman–Crippen MR) is 249 cm³/mol. The molecule has 0 aliphatic carbocycles. The molecule has 2 heterocycles. The Morgan fingerprint density at radius 3 is 1.03 bits per heavy atom. The number of hydrogen-bond acceptors (Lipinski definition) is 6. The van der Waals surface area contributed by atoms with Crippen molar-refractivity contribution in [1.29, 1.82) is 0 Å². The van der Waals surface area contributed by atoms with E-state index in [9.17, 15) is 0 Å². The lowest BCUT2D eigenvalue weighted by Crippen LogP contribution is -2.18. The number of nitrogens with zero attached hydrogens (tertiary/aromatic N) is 4. The molecule has 2 unspecified atom stereocenters. The van der Waals surface area contributed by atoms with Gasteiger partial charge in [0, 0.05) is 12.8 Å². The summed E-state index contributed by atoms with van der Waals surface area (Å²) in [6.07, 6.45) is 14.2. The van der Waals surface area contributed by atoms with E-state index in [0.29, 0.717) is 0 Å². The van der Waals surface area contributed by atoms with Crippen LogP contribution in [0.15, 0.2) is 180 Å². The molecule has 0 saturated heterocycles. The van der Waals surface area contributed by atoms with Crippen LogP contribution in [-0.4, -0.2) is 24.6 Å². The molecule has 0 N–H and O–H groups in total. The molecular formula is C54H58N4O2. The molecule has 0 aromatic heterocycles. The highest BCUT2D eigenvalue weighted by atomic mass is 16.5. The van der Waals surface area contributed by atoms with Gasteiger partial charge in [0.05, 0.1) is 48.1 Å². The molecule has 306 valence electrons. The lowest BCUT2D eigenvalue weighted by atomic mass is 9.98. The van der Waals surface area contributed by atoms with E-state index in [1.807, 2.05) is 0 Å². The van der Waals surface area contributed by atoms with Crippen LogP contribution < -0.4 is 19.5 Å². The SMILES string of the molecule is c1ccc(C2=NN(c3ccccc3)C(c3ccc(OCCCCCCCCCCCCOc4ccc(C5CC(c6ccccc6)=NN5c5ccccc5)cc4)cc3)C2)cc1. The molecule has 2 atom stereocenters. The number of anilines is 2. The van der Waals surface area contributed by atoms with Crippen molar-refractivity contribution >= 4 is 22.8 Å². The third-order valence-electron chi connectivity index (χ3n) is 11.7. The zero-order valence-corrected chi connectivity index (χ0v) is 34.8. The van der Waals surface area contributed by atoms with Crippen molar-refractivity contribution in [3.63, 3.8) is 0 Å². The Balaban J connectivity index is 0.668. The largest absolute Gasteiger partial charge is 0.494 e. The molecule has 0 saturated carbocycles. The summed E-state index contributed by atoms with van der Waals surface area (Å²) in [6, 6.07) is 59.6. The van der Waals surface area contributed by atoms with Crippen molar-refractivity contribution < 1.29 is 9.47 Å². The quantitative estimate of drug-likeness (QED) is 0.0681. The Kier molecular flexibility index (Phi) is 14.4. The first kappa shape index (κ1) is 40.6. The zero-order valence-electron chi connectivity index (χ0n) is 34.8. The maximum atomic E-state index is 6.15. The summed E-state index contributed by atoms with van der Waals surface area (Å²) in [6.45, 7) is 1.54. The van der Waals surface area contributed by atoms with Gasteiger partial charge in [-0.2, -0.15) is 10.2 Å². The number of ether oxygens (including phenoxy) is 2. The number of hydrogen-bond donors (Lipinski definition) is 0. The molecule has 6 heteroatoms. The van der Waals surface area contributed by atoms with Crippen LogP contribution in [0, 0.1) is 0 Å². The van der Waals surface area contributed by atoms with Crippen molar-refractivity contribution in [2.75, 3.05) is 23.2 Å². The van der Waals surface area contributed by atoms with Crippen molar-refractivity contribution in [3.05, 3.63) is 192 Å². The standard InChI is InChI=1S/C54H58N4O2/c1(3-5-7-21-39-59-49-35-31-45(32-36-49)53-41-51(43-23-13-9-14-24-43)55-57(53)47-27-17-11-18-28-47)2-4-6-8-22-40-60-50-37-33-46(34-38-50)54-42-52(44-25-15-10-16-26-44)56-58(54)48-29-19-12-20-30-48/h9-20,23-38,53-54H,1-8,21-22,39-42H2. The van der Waals surface area contributed by atoms with E-state index in [-0.39, 0.29) is 12.1 Å². The lowest BCUT2D eigenvalue weighted by Gasteiger charge is -2.24. The van der Waals surface area contributed by atoms with Crippen LogP contribution in [0.5, 0.6) is 11.5 Å². The van der Waals surface area contributed by atoms with Crippen LogP contribution >= 0.6 is 0 Å². The monoisotopic (exact) mass is 794 g/mol. The molecule has 2 aliphatic heterocycles. The zero-order chi connectivity index (χ0) is 40.6. The molecule has 0 fully saturated rings. The molecule has 0 radical (unpaired) electrons. The summed E-state index contributed by atoms with van der Waals surface area (Å²) >= 11 is 0. The number of benzene rings is 6. The van der Waals surface area contributed by atoms with Crippen molar-refractivity contribution in [3.8, 4) is 11.5 Å². The van der Waals surface area contributed by atoms with Gasteiger partial charge in [0.2, 0.25) is 0 Å². The average molecular weight is 795 g/mol. The maximum Gasteiger partial charge on any atom is 0.119 e. The fraction of sp³-hybridized carbons (Fsp3) is 0.296. The molecule has 0 amide bonds. The minimum absolute atomic E-state index is 0.154. The molecule has 2 aliphatic rings. The molecule has 8 rings (SSSR count). The van der Waals surface area contributed by atoms with E-state index < -0.39 is 0 Å². The second-order valence-corrected chi connectivity index (χ2v) is 16.0. The van der Waals surface area contributed by atoms with Gasteiger partial charge in [-0.05, 0) is 83.6 Å². The van der Waals surface area contributed by atoms with Gasteiger partial charge in [0.15, 0.2) is 0 Å². The lowest BCUT2D eigenvalue weighted by molar-refractivity contribution is 0.302. The van der Waals surface area contributed by atoms with Gasteiger partial charge < -0.3 is 9.47 Å². The van der Waals surface area contributed by atoms with Crippen LogP contribution in [0.1, 0.15) is 111 Å². The highest BCUT2D eigenvalue weighted by Crippen LogP contribution is 2.38. The summed E-state index contributed by atoms with van der Waals surface area (Å²) in [5.74, 6) is 1.89. The highest BCUT2D eigenvalue weighted by Gasteiger charge is 2.31. The summed E-state index contributed by atoms with van der Waals surface area (Å²) in [5.41, 5.74) is 9.32. The van der Waals surface area contributed by atoms with Crippen molar-refractivity contribution in [1.82, 2.24) is 0 Å². The van der Waals surface area contributed by atoms with Gasteiger partial charge in [0.25, 0.3) is 0 Å². The highest BCUT2D eigenvalue weighted by molar-refractivity contribution is 6.04. The van der Waals surface area contributed by atoms with E-state index >= 15 is 0 Å². The van der Waals surface area contributed by atoms with Crippen LogP contribution in [0.4, 0.5) is 11.4 Å². The topological polar surface area (TPSA) is 49.7 Å². The molecule has 6 nitrogen and oxygen atoms in total. The Morgan fingerprint density at radius 2 is 0.683 bits per heavy atom. The van der Waals surface area contributed by atoms with E-state index in [0.717, 1.165) is 73.2 Å². The Bertz CT molecular complexity index is 2060. The van der Waals surface area contributed by atoms with Gasteiger partial charge in [-0.1, -0.05) is 173 Å². The summed E-state index contributed by atoms with van der Waals surface area (Å²) < 4.78 is 12.3. The Morgan fingerprint density at radius 1 is 0.367 bits per heavy atom. The molecule has 60 heavy (non-hydrogen) atoms. The molecule has 6 aromatic carbocycles. The minimum atomic E-state index is 0.154. The second-order valence-electron chi connectivity index (χ2n) is 16.0. The van der Waals surface area contributed by atoms with E-state index in [1.165, 1.54) is 73.6 Å². The molecule has 6 aromatic rings. The summed E-state index contributed by atoms with van der Waals surface area (Å²) in [5, 5.41) is 14.5. The van der Waals surface area contributed by atoms with Crippen LogP contribution in [-0.2, 0) is 0 Å². The van der Waals surface area contributed by atoms with Crippen molar-refractivity contribution in [2.24, 2.45) is 10.2 Å². The number of hydrazone groups is 2. The number of rotatable bonds is 21. The van der Waals surface area contributed by atoms with Crippen molar-refractivity contribution in [2.45, 2.75) is 89.1 Å². The normalized spacial score (nSPS) is 16.1. The molecule has 0 bridgehead atoms. The fourth-order valence-corrected chi connectivity index (χ4v) is 8.36. The molecular weight excluding hydrogens is 737 g/mol. The van der Waals surface area contributed by atoms with Gasteiger partial charge in [-0.15, -0.1) is 0 Å². The first-order valence-corrected chi connectivity index (χ1v) is 22.2. The summed E-state index contributed by atoms with van der Waals surface area (Å²) in [7, 11) is 0. The third kappa shape index (κ3) is 10.9. The second kappa shape index (κ2) is 21.2. The van der Waals surface area contributed by atoms with Crippen LogP contribution in [0.25, 0.3) is 0 Å². The predicted octanol–water partition coefficient (Wildman–Crippen LogP) is 13.8. The Labute approximate surface area is 357 Å². The Hall–Kier alpha value is -6.14. The third-order valence-corrected chi connectivity index (χ3v) is 11.7. The van der Waals surface area contributed by atoms with E-state index in [2.05, 4.69) is 180 Å². The number of para-hydroxylation sites is 2. The molecule has 0 spiro atoms. The number of unbranched alkanes of at least 4 members (excludes halogenated alkanes) is 9. The van der Waals surface area contributed by atoms with Gasteiger partial charge in [-0.25, -0.2) is 0 Å².